The van der Waals surface area contributed by atoms with Crippen molar-refractivity contribution in [3.05, 3.63) is 35.5 Å². The number of amides is 1. The van der Waals surface area contributed by atoms with E-state index in [0.717, 1.165) is 25.0 Å². The fraction of sp³-hybridized carbons (Fsp3) is 0.400. The Morgan fingerprint density at radius 3 is 2.73 bits per heavy atom. The van der Waals surface area contributed by atoms with Gasteiger partial charge in [0.2, 0.25) is 5.82 Å². The summed E-state index contributed by atoms with van der Waals surface area (Å²) in [7, 11) is 0. The number of carbonyl (C=O) groups is 1. The average molecular weight is 374 g/mol. The van der Waals surface area contributed by atoms with Crippen LogP contribution in [0.2, 0.25) is 0 Å². The van der Waals surface area contributed by atoms with Gasteiger partial charge in [0, 0.05) is 12.1 Å². The number of hydrazine groups is 1. The second-order valence-electron chi connectivity index (χ2n) is 5.73. The van der Waals surface area contributed by atoms with Gasteiger partial charge in [0.15, 0.2) is 0 Å². The Hall–Kier alpha value is -2.53. The predicted molar refractivity (Wildman–Crippen MR) is 78.7 cm³/mol. The van der Waals surface area contributed by atoms with E-state index in [1.54, 1.807) is 0 Å². The summed E-state index contributed by atoms with van der Waals surface area (Å²) < 4.78 is 55.7. The van der Waals surface area contributed by atoms with E-state index in [4.69, 9.17) is 0 Å². The number of aliphatic hydroxyl groups excluding tert-OH is 1. The summed E-state index contributed by atoms with van der Waals surface area (Å²) in [5, 5.41) is 14.3. The molecular weight excluding hydrogens is 360 g/mol. The number of aromatic nitrogens is 2. The first-order chi connectivity index (χ1) is 12.3. The molecule has 0 bridgehead atoms. The first-order valence-corrected chi connectivity index (χ1v) is 7.72. The first kappa shape index (κ1) is 18.3. The lowest BCUT2D eigenvalue weighted by atomic mass is 10.1. The Bertz CT molecular complexity index is 808. The van der Waals surface area contributed by atoms with Crippen molar-refractivity contribution >= 4 is 5.91 Å². The van der Waals surface area contributed by atoms with Gasteiger partial charge in [0.1, 0.15) is 12.0 Å². The maximum absolute atomic E-state index is 14.2. The number of nitrogens with zero attached hydrogens (tertiary/aromatic N) is 3. The number of alkyl halides is 3. The maximum Gasteiger partial charge on any atom is 0.471 e. The standard InChI is InChI=1S/C15H14F4N4O3/c16-10-7-8(12-20-14(26-22-12)15(17,18)19)4-5-9(10)13(25)21-23-6-2-1-3-11(23)24/h4-5,7,11,24H,1-3,6H2,(H,21,25). The highest BCUT2D eigenvalue weighted by Crippen LogP contribution is 2.29. The number of rotatable bonds is 3. The van der Waals surface area contributed by atoms with E-state index in [1.807, 2.05) is 0 Å². The SMILES string of the molecule is O=C(NN1CCCCC1O)c1ccc(-c2noc(C(F)(F)F)n2)cc1F. The summed E-state index contributed by atoms with van der Waals surface area (Å²) in [6, 6.07) is 3.14. The minimum Gasteiger partial charge on any atom is -0.377 e. The Morgan fingerprint density at radius 1 is 1.35 bits per heavy atom. The molecule has 1 aliphatic heterocycles. The lowest BCUT2D eigenvalue weighted by Gasteiger charge is -2.31. The van der Waals surface area contributed by atoms with E-state index >= 15 is 0 Å². The molecule has 26 heavy (non-hydrogen) atoms. The lowest BCUT2D eigenvalue weighted by molar-refractivity contribution is -0.159. The summed E-state index contributed by atoms with van der Waals surface area (Å²) >= 11 is 0. The Balaban J connectivity index is 1.77. The monoisotopic (exact) mass is 374 g/mol. The van der Waals surface area contributed by atoms with Gasteiger partial charge >= 0.3 is 12.1 Å². The van der Waals surface area contributed by atoms with Crippen molar-refractivity contribution in [2.45, 2.75) is 31.7 Å². The van der Waals surface area contributed by atoms with Crippen LogP contribution in [0.3, 0.4) is 0 Å². The molecule has 1 amide bonds. The molecular formula is C15H14F4N4O3. The third-order valence-corrected chi connectivity index (χ3v) is 3.86. The van der Waals surface area contributed by atoms with Crippen LogP contribution in [0, 0.1) is 5.82 Å². The number of hydrogen-bond acceptors (Lipinski definition) is 6. The van der Waals surface area contributed by atoms with E-state index in [0.29, 0.717) is 13.0 Å². The van der Waals surface area contributed by atoms with Crippen LogP contribution in [0.15, 0.2) is 22.7 Å². The molecule has 140 valence electrons. The fourth-order valence-electron chi connectivity index (χ4n) is 2.53. The number of aliphatic hydroxyl groups is 1. The van der Waals surface area contributed by atoms with Gasteiger partial charge in [-0.15, -0.1) is 0 Å². The van der Waals surface area contributed by atoms with Crippen LogP contribution in [0.25, 0.3) is 11.4 Å². The molecule has 1 aromatic heterocycles. The minimum absolute atomic E-state index is 0.0729. The van der Waals surface area contributed by atoms with Gasteiger partial charge in [-0.3, -0.25) is 10.2 Å². The topological polar surface area (TPSA) is 91.5 Å². The quantitative estimate of drug-likeness (QED) is 0.802. The molecule has 0 radical (unpaired) electrons. The second kappa shape index (κ2) is 7.00. The third-order valence-electron chi connectivity index (χ3n) is 3.86. The molecule has 2 aromatic rings. The molecule has 11 heteroatoms. The molecule has 0 aliphatic carbocycles. The van der Waals surface area contributed by atoms with Gasteiger partial charge in [0.05, 0.1) is 5.56 Å². The van der Waals surface area contributed by atoms with E-state index in [1.165, 1.54) is 11.1 Å². The fourth-order valence-corrected chi connectivity index (χ4v) is 2.53. The minimum atomic E-state index is -4.81. The molecule has 2 N–H and O–H groups in total. The van der Waals surface area contributed by atoms with Gasteiger partial charge in [-0.05, 0) is 31.4 Å². The van der Waals surface area contributed by atoms with Crippen molar-refractivity contribution in [1.82, 2.24) is 20.6 Å². The largest absolute Gasteiger partial charge is 0.471 e. The molecule has 0 saturated carbocycles. The van der Waals surface area contributed by atoms with Crippen LogP contribution in [0.1, 0.15) is 35.5 Å². The van der Waals surface area contributed by atoms with Crippen LogP contribution in [-0.2, 0) is 6.18 Å². The number of benzene rings is 1. The van der Waals surface area contributed by atoms with Crippen molar-refractivity contribution in [2.24, 2.45) is 0 Å². The van der Waals surface area contributed by atoms with Crippen LogP contribution in [0.4, 0.5) is 17.6 Å². The zero-order valence-corrected chi connectivity index (χ0v) is 13.3. The van der Waals surface area contributed by atoms with Crippen molar-refractivity contribution in [2.75, 3.05) is 6.54 Å². The molecule has 0 spiro atoms. The highest BCUT2D eigenvalue weighted by Gasteiger charge is 2.38. The van der Waals surface area contributed by atoms with Crippen molar-refractivity contribution in [3.63, 3.8) is 0 Å². The zero-order valence-electron chi connectivity index (χ0n) is 13.3. The molecule has 1 fully saturated rings. The van der Waals surface area contributed by atoms with Gasteiger partial charge in [-0.2, -0.15) is 23.2 Å². The highest BCUT2D eigenvalue weighted by atomic mass is 19.4. The smallest absolute Gasteiger partial charge is 0.377 e. The zero-order chi connectivity index (χ0) is 18.9. The molecule has 1 atom stereocenters. The molecule has 1 aromatic carbocycles. The molecule has 1 saturated heterocycles. The lowest BCUT2D eigenvalue weighted by Crippen LogP contribution is -2.51. The first-order valence-electron chi connectivity index (χ1n) is 7.72. The summed E-state index contributed by atoms with van der Waals surface area (Å²) in [5.74, 6) is -3.74. The van der Waals surface area contributed by atoms with Gasteiger partial charge < -0.3 is 9.63 Å². The Morgan fingerprint density at radius 2 is 2.12 bits per heavy atom. The molecule has 7 nitrogen and oxygen atoms in total. The number of carbonyl (C=O) groups excluding carboxylic acids is 1. The van der Waals surface area contributed by atoms with E-state index in [-0.39, 0.29) is 11.1 Å². The van der Waals surface area contributed by atoms with E-state index < -0.39 is 35.8 Å². The maximum atomic E-state index is 14.2. The molecule has 3 rings (SSSR count). The van der Waals surface area contributed by atoms with Crippen LogP contribution >= 0.6 is 0 Å². The van der Waals surface area contributed by atoms with Crippen molar-refractivity contribution in [3.8, 4) is 11.4 Å². The Kier molecular flexibility index (Phi) is 4.92. The summed E-state index contributed by atoms with van der Waals surface area (Å²) in [5.41, 5.74) is 2.01. The van der Waals surface area contributed by atoms with E-state index in [9.17, 15) is 27.5 Å². The number of nitrogens with one attached hydrogen (secondary N) is 1. The van der Waals surface area contributed by atoms with Crippen molar-refractivity contribution in [1.29, 1.82) is 0 Å². The van der Waals surface area contributed by atoms with E-state index in [2.05, 4.69) is 20.1 Å². The van der Waals surface area contributed by atoms with Gasteiger partial charge in [-0.1, -0.05) is 11.2 Å². The number of halogens is 4. The predicted octanol–water partition coefficient (Wildman–Crippen LogP) is 2.34. The Labute approximate surface area is 144 Å². The average Bonchev–Trinajstić information content (AvgIpc) is 3.07. The van der Waals surface area contributed by atoms with Gasteiger partial charge in [-0.25, -0.2) is 4.39 Å². The van der Waals surface area contributed by atoms with Crippen LogP contribution in [0.5, 0.6) is 0 Å². The van der Waals surface area contributed by atoms with Crippen LogP contribution in [-0.4, -0.2) is 38.9 Å². The number of hydrogen-bond donors (Lipinski definition) is 2. The highest BCUT2D eigenvalue weighted by molar-refractivity contribution is 5.94. The number of piperidine rings is 1. The van der Waals surface area contributed by atoms with Gasteiger partial charge in [0.25, 0.3) is 5.91 Å². The summed E-state index contributed by atoms with van der Waals surface area (Å²) in [6.45, 7) is 0.426. The van der Waals surface area contributed by atoms with Crippen LogP contribution < -0.4 is 5.43 Å². The summed E-state index contributed by atoms with van der Waals surface area (Å²) in [6.07, 6.45) is -3.57. The van der Waals surface area contributed by atoms with Crippen molar-refractivity contribution < 1.29 is 32.0 Å². The molecule has 1 unspecified atom stereocenters. The third kappa shape index (κ3) is 3.83. The molecule has 2 heterocycles. The second-order valence-corrected chi connectivity index (χ2v) is 5.73. The normalized spacial score (nSPS) is 18.7. The molecule has 1 aliphatic rings. The summed E-state index contributed by atoms with van der Waals surface area (Å²) in [4.78, 5) is 15.3.